The highest BCUT2D eigenvalue weighted by atomic mass is 16.5. The van der Waals surface area contributed by atoms with Crippen molar-refractivity contribution in [1.29, 1.82) is 0 Å². The summed E-state index contributed by atoms with van der Waals surface area (Å²) in [5, 5.41) is 120. The van der Waals surface area contributed by atoms with Crippen LogP contribution >= 0.6 is 0 Å². The van der Waals surface area contributed by atoms with Crippen molar-refractivity contribution in [2.24, 2.45) is 59.0 Å². The Labute approximate surface area is 914 Å². The van der Waals surface area contributed by atoms with Crippen molar-refractivity contribution in [3.05, 3.63) is 0 Å². The summed E-state index contributed by atoms with van der Waals surface area (Å²) in [4.78, 5) is 21.8. The largest absolute Gasteiger partial charge is 0.393 e. The molecule has 6 heterocycles. The minimum atomic E-state index is -0.521. The van der Waals surface area contributed by atoms with E-state index in [1.54, 1.807) is 0 Å². The third-order valence-corrected chi connectivity index (χ3v) is 38.0. The molecule has 0 aromatic rings. The lowest BCUT2D eigenvalue weighted by molar-refractivity contribution is -0.0568. The van der Waals surface area contributed by atoms with Crippen LogP contribution in [0.5, 0.6) is 0 Å². The van der Waals surface area contributed by atoms with Crippen molar-refractivity contribution in [2.45, 2.75) is 442 Å². The summed E-state index contributed by atoms with van der Waals surface area (Å²) in [6.45, 7) is 69.4. The van der Waals surface area contributed by atoms with Gasteiger partial charge in [0.2, 0.25) is 0 Å². The van der Waals surface area contributed by atoms with Gasteiger partial charge in [0.05, 0.1) is 96.2 Å². The topological polar surface area (TPSA) is 345 Å². The molecule has 0 amide bonds. The monoisotopic (exact) mass is 2120 g/mol. The van der Waals surface area contributed by atoms with Crippen molar-refractivity contribution in [3.8, 4) is 0 Å². The fourth-order valence-corrected chi connectivity index (χ4v) is 25.0. The number of aliphatic hydroxyl groups excluding tert-OH is 1. The van der Waals surface area contributed by atoms with Crippen LogP contribution in [0.15, 0.2) is 0 Å². The molecule has 9 aliphatic carbocycles. The molecule has 0 radical (unpaired) electrons. The van der Waals surface area contributed by atoms with E-state index in [0.717, 1.165) is 450 Å². The molecule has 6 saturated heterocycles. The van der Waals surface area contributed by atoms with E-state index in [4.69, 9.17) is 19.9 Å². The fraction of sp³-hybridized carbons (Fsp3) is 1.00. The van der Waals surface area contributed by atoms with Gasteiger partial charge in [-0.2, -0.15) is 0 Å². The third kappa shape index (κ3) is 57.8. The number of rotatable bonds is 39. The summed E-state index contributed by atoms with van der Waals surface area (Å²) < 4.78 is 16.0. The molecular weight excluding hydrogens is 1870 g/mol. The summed E-state index contributed by atoms with van der Waals surface area (Å²) in [5.74, 6) is 7.15. The summed E-state index contributed by atoms with van der Waals surface area (Å²) in [6.07, 6.45) is 49.0. The van der Waals surface area contributed by atoms with Crippen LogP contribution in [0.1, 0.15) is 379 Å². The number of nitrogens with two attached hydrogens (primary N) is 1. The molecule has 15 aliphatic rings. The Morgan fingerprint density at radius 3 is 0.866 bits per heavy atom. The number of likely N-dealkylation sites (tertiary alicyclic amines) is 3. The van der Waals surface area contributed by atoms with Gasteiger partial charge in [0.25, 0.3) is 0 Å². The number of ether oxygens (including phenoxy) is 3. The highest BCUT2D eigenvalue weighted by molar-refractivity contribution is 4.96. The van der Waals surface area contributed by atoms with Crippen LogP contribution in [0.25, 0.3) is 0 Å². The van der Waals surface area contributed by atoms with Crippen molar-refractivity contribution >= 4 is 0 Å². The van der Waals surface area contributed by atoms with Gasteiger partial charge in [0.1, 0.15) is 0 Å². The van der Waals surface area contributed by atoms with E-state index in [0.29, 0.717) is 12.6 Å². The summed E-state index contributed by atoms with van der Waals surface area (Å²) >= 11 is 0. The SMILES string of the molecule is CC1CCC(O)(CN(C)C2CCN(C)CC2)CC1.CC1CCC(O)(CN)CC1.CC1CCC(O)(CN2CCC(O)CC2)CC1.CC1CCC(O)(CN2CCOCC2)CC1.CC1CCC(O)(CNCCCN2CCOCC2)CC1.CC1CCC(O)(CNCCN2CCCCC2)CC1.CC1CCC(O)(CNCCN2CCOCC2)CC1.CCN(CC)CCCNCC1(O)CCC(C)CC1.CCN(CC)CCNCC1(O)CCC(C)CC1. The van der Waals surface area contributed by atoms with Gasteiger partial charge >= 0.3 is 0 Å². The van der Waals surface area contributed by atoms with Gasteiger partial charge in [-0.25, -0.2) is 0 Å². The van der Waals surface area contributed by atoms with Crippen LogP contribution in [0.3, 0.4) is 0 Å². The number of piperidine rings is 3. The number of nitrogens with zero attached hydrogens (tertiary/aromatic N) is 9. The molecule has 882 valence electrons. The minimum Gasteiger partial charge on any atom is -0.393 e. The molecule has 0 unspecified atom stereocenters. The van der Waals surface area contributed by atoms with Gasteiger partial charge in [-0.3, -0.25) is 14.7 Å². The second kappa shape index (κ2) is 73.0. The van der Waals surface area contributed by atoms with E-state index in [1.807, 2.05) is 0 Å². The molecule has 15 fully saturated rings. The molecule has 0 aromatic carbocycles. The summed E-state index contributed by atoms with van der Waals surface area (Å²) in [6, 6.07) is 0.671. The Kier molecular flexibility index (Phi) is 66.0. The standard InChI is InChI=1S/C15H30N2O2.2C15H30N2O.C15H32N2O.C14H28N2O2.C14H30N2O.C13H25NO2.C12H23NO2.C8H17NO/c1-14-3-5-15(18,6-4-14)13-16-7-2-8-17-9-11-19-12-10-17;1-13-4-8-15(18,9-5-13)12-17(3)14-6-10-16(2)11-7-14;1-14-5-7-15(18,8-6-14)13-16-9-12-17-10-3-2-4-11-17;1-4-17(5-2)12-6-11-16-13-15(18)9-7-14(3)8-10-15;1-13-2-4-14(17,5-3-13)12-15-6-7-16-8-10-18-11-9-16;1-4-16(5-2)11-10-15-12-14(17)8-6-13(3)7-9-14;1-11-2-6-13(16,7-3-11)10-14-8-4-12(15)5-9-14;1-11-2-4-12(14,5-3-11)10-13-6-8-15-9-7-13;1-7-2-4-8(10,6-9)5-3-7/h14,16,18H,2-13H2,1H3;13-14,18H,4-12H2,1-3H3;14,16,18H,2-13H2,1H3;14,16,18H,4-13H2,1-3H3;13,15,17H,2-12H2,1H3;13,15,17H,4-12H2,1-3H3;11-12,15-16H,2-10H2,1H3;11,14H,2-10H2,1H3;7,10H,2-6,9H2,1H3. The molecule has 15 rings (SSSR count). The number of hydrogen-bond acceptors (Lipinski definition) is 28. The maximum atomic E-state index is 10.7. The number of aliphatic hydroxyl groups is 10. The van der Waals surface area contributed by atoms with Crippen LogP contribution < -0.4 is 32.3 Å². The van der Waals surface area contributed by atoms with Crippen molar-refractivity contribution in [2.75, 3.05) is 283 Å². The van der Waals surface area contributed by atoms with Gasteiger partial charge in [0, 0.05) is 157 Å². The molecule has 0 spiro atoms. The lowest BCUT2D eigenvalue weighted by Gasteiger charge is -2.42. The van der Waals surface area contributed by atoms with E-state index in [1.165, 1.54) is 155 Å². The van der Waals surface area contributed by atoms with Crippen LogP contribution in [0.2, 0.25) is 0 Å². The molecular formula is C121H245N15O13. The highest BCUT2D eigenvalue weighted by Crippen LogP contribution is 2.40. The first kappa shape index (κ1) is 135. The zero-order valence-corrected chi connectivity index (χ0v) is 99.5. The molecule has 6 aliphatic heterocycles. The van der Waals surface area contributed by atoms with E-state index in [9.17, 15) is 51.1 Å². The Balaban J connectivity index is 0.000000228. The number of nitrogens with one attached hydrogen (secondary N) is 5. The Morgan fingerprint density at radius 2 is 0.544 bits per heavy atom. The molecule has 17 N–H and O–H groups in total. The van der Waals surface area contributed by atoms with Crippen molar-refractivity contribution in [1.82, 2.24) is 70.7 Å². The maximum absolute atomic E-state index is 10.7. The average Bonchev–Trinajstić information content (AvgIpc) is 0.836. The molecule has 0 bridgehead atoms. The van der Waals surface area contributed by atoms with E-state index < -0.39 is 50.4 Å². The Bertz CT molecular complexity index is 3150. The molecule has 28 heteroatoms. The lowest BCUT2D eigenvalue weighted by atomic mass is 9.79. The smallest absolute Gasteiger partial charge is 0.0774 e. The molecule has 0 aromatic heterocycles. The zero-order chi connectivity index (χ0) is 109. The summed E-state index contributed by atoms with van der Waals surface area (Å²) in [5.41, 5.74) is 1.47. The first-order valence-electron chi connectivity index (χ1n) is 62.7. The van der Waals surface area contributed by atoms with Crippen LogP contribution in [0.4, 0.5) is 0 Å². The summed E-state index contributed by atoms with van der Waals surface area (Å²) in [7, 11) is 4.40. The molecule has 149 heavy (non-hydrogen) atoms. The highest BCUT2D eigenvalue weighted by Gasteiger charge is 2.42. The van der Waals surface area contributed by atoms with Crippen LogP contribution in [-0.2, 0) is 14.2 Å². The van der Waals surface area contributed by atoms with Crippen molar-refractivity contribution < 1.29 is 65.3 Å². The molecule has 28 nitrogen and oxygen atoms in total. The molecule has 9 saturated carbocycles. The lowest BCUT2D eigenvalue weighted by Crippen LogP contribution is -2.50. The first-order valence-corrected chi connectivity index (χ1v) is 62.7. The quantitative estimate of drug-likeness (QED) is 0.0254. The molecule has 0 atom stereocenters. The van der Waals surface area contributed by atoms with E-state index >= 15 is 0 Å². The third-order valence-electron chi connectivity index (χ3n) is 38.0. The van der Waals surface area contributed by atoms with Gasteiger partial charge in [0.15, 0.2) is 0 Å². The Hall–Kier alpha value is -1.12. The number of β-amino-alcohol motifs (C(OH)–C–C–N with tert-alkyl or cyclic N) is 2. The van der Waals surface area contributed by atoms with Crippen LogP contribution in [0, 0.1) is 53.3 Å². The second-order valence-corrected chi connectivity index (χ2v) is 52.2. The number of hydrogen-bond donors (Lipinski definition) is 16. The van der Waals surface area contributed by atoms with Gasteiger partial charge in [-0.1, -0.05) is 96.4 Å². The van der Waals surface area contributed by atoms with Crippen LogP contribution in [-0.4, -0.2) is 441 Å². The number of morpholine rings is 3. The maximum Gasteiger partial charge on any atom is 0.0774 e. The average molecular weight is 2120 g/mol. The van der Waals surface area contributed by atoms with E-state index in [2.05, 4.69) is 175 Å². The minimum absolute atomic E-state index is 0.114. The van der Waals surface area contributed by atoms with Gasteiger partial charge in [-0.05, 0) is 428 Å². The fourth-order valence-electron chi connectivity index (χ4n) is 25.0. The van der Waals surface area contributed by atoms with Crippen molar-refractivity contribution in [3.63, 3.8) is 0 Å². The zero-order valence-electron chi connectivity index (χ0n) is 99.5. The predicted molar refractivity (Wildman–Crippen MR) is 618 cm³/mol. The van der Waals surface area contributed by atoms with Gasteiger partial charge in [-0.15, -0.1) is 0 Å². The number of likely N-dealkylation sites (N-methyl/N-ethyl adjacent to an activating group) is 2. The van der Waals surface area contributed by atoms with Gasteiger partial charge < -0.3 is 127 Å². The predicted octanol–water partition coefficient (Wildman–Crippen LogP) is 13.7. The van der Waals surface area contributed by atoms with E-state index in [-0.39, 0.29) is 6.10 Å². The first-order chi connectivity index (χ1) is 71.1. The normalized spacial score (nSPS) is 34.8. The Morgan fingerprint density at radius 1 is 0.282 bits per heavy atom. The second-order valence-electron chi connectivity index (χ2n) is 52.2.